The smallest absolute Gasteiger partial charge is 0.237 e. The number of nitrogens with two attached hydrogens (primary N) is 1. The fraction of sp³-hybridized carbons (Fsp3) is 0.909. The summed E-state index contributed by atoms with van der Waals surface area (Å²) < 4.78 is 0. The predicted molar refractivity (Wildman–Crippen MR) is 63.7 cm³/mol. The first-order valence-corrected chi connectivity index (χ1v) is 5.89. The zero-order chi connectivity index (χ0) is 11.7. The molecule has 0 saturated heterocycles. The largest absolute Gasteiger partial charge is 0.355 e. The molecular formula is C11H25N3O. The Bertz CT molecular complexity index is 173. The lowest BCUT2D eigenvalue weighted by Gasteiger charge is -2.27. The number of nitrogens with one attached hydrogen (secondary N) is 1. The van der Waals surface area contributed by atoms with Crippen molar-refractivity contribution in [3.8, 4) is 0 Å². The number of carbonyl (C=O) groups is 1. The molecule has 0 rings (SSSR count). The van der Waals surface area contributed by atoms with Crippen molar-refractivity contribution in [1.82, 2.24) is 10.2 Å². The average Bonchev–Trinajstić information content (AvgIpc) is 2.23. The molecule has 0 aromatic carbocycles. The number of hydrogen-bond acceptors (Lipinski definition) is 3. The van der Waals surface area contributed by atoms with E-state index in [2.05, 4.69) is 17.1 Å². The van der Waals surface area contributed by atoms with Crippen molar-refractivity contribution in [3.63, 3.8) is 0 Å². The lowest BCUT2D eigenvalue weighted by molar-refractivity contribution is -0.125. The van der Waals surface area contributed by atoms with Gasteiger partial charge in [-0.05, 0) is 26.8 Å². The molecule has 0 aromatic heterocycles. The van der Waals surface area contributed by atoms with Crippen LogP contribution in [0.15, 0.2) is 0 Å². The summed E-state index contributed by atoms with van der Waals surface area (Å²) >= 11 is 0. The van der Waals surface area contributed by atoms with Crippen molar-refractivity contribution < 1.29 is 4.79 Å². The van der Waals surface area contributed by atoms with Crippen LogP contribution in [0.2, 0.25) is 0 Å². The molecule has 4 heteroatoms. The summed E-state index contributed by atoms with van der Waals surface area (Å²) in [6, 6.07) is -0.0694. The molecule has 4 nitrogen and oxygen atoms in total. The van der Waals surface area contributed by atoms with Crippen LogP contribution in [0.4, 0.5) is 0 Å². The Hall–Kier alpha value is -0.610. The number of rotatable bonds is 8. The maximum Gasteiger partial charge on any atom is 0.237 e. The summed E-state index contributed by atoms with van der Waals surface area (Å²) in [4.78, 5) is 13.8. The van der Waals surface area contributed by atoms with Crippen LogP contribution in [0.5, 0.6) is 0 Å². The van der Waals surface area contributed by atoms with Crippen molar-refractivity contribution in [2.45, 2.75) is 39.7 Å². The van der Waals surface area contributed by atoms with Gasteiger partial charge in [-0.1, -0.05) is 13.3 Å². The van der Waals surface area contributed by atoms with Gasteiger partial charge < -0.3 is 11.1 Å². The maximum absolute atomic E-state index is 11.6. The van der Waals surface area contributed by atoms with Crippen LogP contribution in [0.25, 0.3) is 0 Å². The van der Waals surface area contributed by atoms with Gasteiger partial charge in [0, 0.05) is 19.6 Å². The Kier molecular flexibility index (Phi) is 8.33. The molecule has 1 amide bonds. The Morgan fingerprint density at radius 2 is 2.07 bits per heavy atom. The van der Waals surface area contributed by atoms with Crippen molar-refractivity contribution in [2.75, 3.05) is 26.2 Å². The Balaban J connectivity index is 4.13. The number of likely N-dealkylation sites (N-methyl/N-ethyl adjacent to an activating group) is 1. The second-order valence-corrected chi connectivity index (χ2v) is 3.75. The van der Waals surface area contributed by atoms with Gasteiger partial charge in [0.25, 0.3) is 0 Å². The van der Waals surface area contributed by atoms with E-state index in [9.17, 15) is 4.79 Å². The first kappa shape index (κ1) is 14.4. The standard InChI is InChI=1S/C11H25N3O/c1-4-6-8-14(9-7-12)10(3)11(15)13-5-2/h10H,4-9,12H2,1-3H3,(H,13,15). The molecule has 0 heterocycles. The topological polar surface area (TPSA) is 58.4 Å². The van der Waals surface area contributed by atoms with E-state index >= 15 is 0 Å². The summed E-state index contributed by atoms with van der Waals surface area (Å²) in [6.07, 6.45) is 2.26. The van der Waals surface area contributed by atoms with Gasteiger partial charge in [-0.15, -0.1) is 0 Å². The lowest BCUT2D eigenvalue weighted by Crippen LogP contribution is -2.47. The minimum Gasteiger partial charge on any atom is -0.355 e. The molecule has 15 heavy (non-hydrogen) atoms. The van der Waals surface area contributed by atoms with Gasteiger partial charge in [-0.3, -0.25) is 9.69 Å². The van der Waals surface area contributed by atoms with Crippen LogP contribution < -0.4 is 11.1 Å². The van der Waals surface area contributed by atoms with Crippen LogP contribution in [0.1, 0.15) is 33.6 Å². The highest BCUT2D eigenvalue weighted by atomic mass is 16.2. The van der Waals surface area contributed by atoms with Gasteiger partial charge >= 0.3 is 0 Å². The molecule has 1 atom stereocenters. The Labute approximate surface area is 93.2 Å². The van der Waals surface area contributed by atoms with Gasteiger partial charge in [0.1, 0.15) is 0 Å². The summed E-state index contributed by atoms with van der Waals surface area (Å²) in [5.41, 5.74) is 5.54. The van der Waals surface area contributed by atoms with Crippen molar-refractivity contribution in [3.05, 3.63) is 0 Å². The number of nitrogens with zero attached hydrogens (tertiary/aromatic N) is 1. The van der Waals surface area contributed by atoms with E-state index in [0.717, 1.165) is 25.9 Å². The van der Waals surface area contributed by atoms with Crippen LogP contribution in [-0.2, 0) is 4.79 Å². The van der Waals surface area contributed by atoms with Crippen LogP contribution in [0, 0.1) is 0 Å². The highest BCUT2D eigenvalue weighted by molar-refractivity contribution is 5.81. The number of carbonyl (C=O) groups excluding carboxylic acids is 1. The highest BCUT2D eigenvalue weighted by Crippen LogP contribution is 2.01. The zero-order valence-corrected chi connectivity index (χ0v) is 10.3. The molecule has 0 aromatic rings. The SMILES string of the molecule is CCCCN(CCN)C(C)C(=O)NCC. The van der Waals surface area contributed by atoms with E-state index in [1.54, 1.807) is 0 Å². The molecule has 0 fully saturated rings. The fourth-order valence-corrected chi connectivity index (χ4v) is 1.51. The third-order valence-electron chi connectivity index (χ3n) is 2.49. The fourth-order valence-electron chi connectivity index (χ4n) is 1.51. The highest BCUT2D eigenvalue weighted by Gasteiger charge is 2.19. The predicted octanol–water partition coefficient (Wildman–Crippen LogP) is 0.572. The second-order valence-electron chi connectivity index (χ2n) is 3.75. The number of amides is 1. The monoisotopic (exact) mass is 215 g/mol. The molecular weight excluding hydrogens is 190 g/mol. The minimum absolute atomic E-state index is 0.0694. The normalized spacial score (nSPS) is 12.9. The van der Waals surface area contributed by atoms with Crippen molar-refractivity contribution in [1.29, 1.82) is 0 Å². The van der Waals surface area contributed by atoms with Crippen molar-refractivity contribution >= 4 is 5.91 Å². The van der Waals surface area contributed by atoms with E-state index < -0.39 is 0 Å². The maximum atomic E-state index is 11.6. The second kappa shape index (κ2) is 8.68. The molecule has 0 saturated carbocycles. The zero-order valence-electron chi connectivity index (χ0n) is 10.3. The van der Waals surface area contributed by atoms with Gasteiger partial charge in [0.05, 0.1) is 6.04 Å². The summed E-state index contributed by atoms with van der Waals surface area (Å²) in [6.45, 7) is 9.06. The summed E-state index contributed by atoms with van der Waals surface area (Å²) in [7, 11) is 0. The third kappa shape index (κ3) is 5.74. The van der Waals surface area contributed by atoms with E-state index in [1.165, 1.54) is 0 Å². The van der Waals surface area contributed by atoms with Gasteiger partial charge in [0.2, 0.25) is 5.91 Å². The summed E-state index contributed by atoms with van der Waals surface area (Å²) in [5, 5.41) is 2.84. The van der Waals surface area contributed by atoms with E-state index in [4.69, 9.17) is 5.73 Å². The Morgan fingerprint density at radius 1 is 1.40 bits per heavy atom. The van der Waals surface area contributed by atoms with Crippen LogP contribution >= 0.6 is 0 Å². The van der Waals surface area contributed by atoms with Gasteiger partial charge in [0.15, 0.2) is 0 Å². The average molecular weight is 215 g/mol. The van der Waals surface area contributed by atoms with E-state index in [0.29, 0.717) is 13.1 Å². The van der Waals surface area contributed by atoms with Crippen molar-refractivity contribution in [2.24, 2.45) is 5.73 Å². The quantitative estimate of drug-likeness (QED) is 0.622. The van der Waals surface area contributed by atoms with Crippen LogP contribution in [-0.4, -0.2) is 43.0 Å². The molecule has 90 valence electrons. The number of unbranched alkanes of at least 4 members (excludes halogenated alkanes) is 1. The van der Waals surface area contributed by atoms with E-state index in [-0.39, 0.29) is 11.9 Å². The molecule has 3 N–H and O–H groups in total. The number of hydrogen-bond donors (Lipinski definition) is 2. The Morgan fingerprint density at radius 3 is 2.53 bits per heavy atom. The molecule has 0 bridgehead atoms. The minimum atomic E-state index is -0.0694. The first-order chi connectivity index (χ1) is 7.17. The van der Waals surface area contributed by atoms with Gasteiger partial charge in [-0.2, -0.15) is 0 Å². The molecule has 0 aliphatic heterocycles. The molecule has 0 aliphatic rings. The lowest BCUT2D eigenvalue weighted by atomic mass is 10.2. The van der Waals surface area contributed by atoms with E-state index in [1.807, 2.05) is 13.8 Å². The molecule has 0 radical (unpaired) electrons. The van der Waals surface area contributed by atoms with Crippen LogP contribution in [0.3, 0.4) is 0 Å². The van der Waals surface area contributed by atoms with Gasteiger partial charge in [-0.25, -0.2) is 0 Å². The molecule has 0 spiro atoms. The molecule has 0 aliphatic carbocycles. The first-order valence-electron chi connectivity index (χ1n) is 5.89. The third-order valence-corrected chi connectivity index (χ3v) is 2.49. The summed E-state index contributed by atoms with van der Waals surface area (Å²) in [5.74, 6) is 0.0991. The molecule has 1 unspecified atom stereocenters.